The van der Waals surface area contributed by atoms with E-state index in [9.17, 15) is 22.0 Å². The van der Waals surface area contributed by atoms with Crippen LogP contribution in [0.5, 0.6) is 0 Å². The first-order valence-electron chi connectivity index (χ1n) is 10.4. The van der Waals surface area contributed by atoms with Crippen molar-refractivity contribution in [1.29, 1.82) is 0 Å². The van der Waals surface area contributed by atoms with Crippen molar-refractivity contribution in [2.75, 3.05) is 10.6 Å². The zero-order chi connectivity index (χ0) is 26.1. The van der Waals surface area contributed by atoms with E-state index in [0.717, 1.165) is 4.68 Å². The van der Waals surface area contributed by atoms with E-state index in [1.165, 1.54) is 24.4 Å². The van der Waals surface area contributed by atoms with Gasteiger partial charge in [0.1, 0.15) is 5.82 Å². The van der Waals surface area contributed by atoms with Gasteiger partial charge in [0, 0.05) is 28.9 Å². The normalized spacial score (nSPS) is 11.1. The van der Waals surface area contributed by atoms with Gasteiger partial charge in [-0.2, -0.15) is 10.2 Å². The van der Waals surface area contributed by atoms with Gasteiger partial charge in [0.2, 0.25) is 0 Å². The lowest BCUT2D eigenvalue weighted by Crippen LogP contribution is -2.20. The Morgan fingerprint density at radius 1 is 0.917 bits per heavy atom. The highest BCUT2D eigenvalue weighted by atomic mass is 35.5. The third kappa shape index (κ3) is 5.19. The minimum Gasteiger partial charge on any atom is -0.329 e. The van der Waals surface area contributed by atoms with Crippen molar-refractivity contribution in [2.24, 2.45) is 0 Å². The van der Waals surface area contributed by atoms with Crippen molar-refractivity contribution in [3.63, 3.8) is 0 Å². The molecule has 2 aromatic heterocycles. The molecule has 0 radical (unpaired) electrons. The quantitative estimate of drug-likeness (QED) is 0.180. The van der Waals surface area contributed by atoms with E-state index in [-0.39, 0.29) is 28.6 Å². The number of rotatable bonds is 6. The summed E-state index contributed by atoms with van der Waals surface area (Å²) < 4.78 is 71.7. The number of hydrogen-bond acceptors (Lipinski definition) is 3. The summed E-state index contributed by atoms with van der Waals surface area (Å²) in [6.45, 7) is 3.08. The van der Waals surface area contributed by atoms with E-state index in [4.69, 9.17) is 23.8 Å². The molecule has 0 atom stereocenters. The number of aromatic nitrogens is 4. The number of aryl methyl sites for hydroxylation is 1. The van der Waals surface area contributed by atoms with Crippen LogP contribution in [-0.2, 0) is 13.1 Å². The van der Waals surface area contributed by atoms with Crippen LogP contribution in [0, 0.1) is 42.9 Å². The Morgan fingerprint density at radius 3 is 2.28 bits per heavy atom. The smallest absolute Gasteiger partial charge is 0.176 e. The fraction of sp³-hybridized carbons (Fsp3) is 0.174. The molecule has 4 aromatic rings. The monoisotopic (exact) mass is 540 g/mol. The maximum absolute atomic E-state index is 14.2. The summed E-state index contributed by atoms with van der Waals surface area (Å²) in [5.41, 5.74) is 1.35. The maximum Gasteiger partial charge on any atom is 0.176 e. The second kappa shape index (κ2) is 10.2. The number of thiocarbonyl (C=S) groups is 1. The Balaban J connectivity index is 1.45. The van der Waals surface area contributed by atoms with Crippen molar-refractivity contribution in [3.8, 4) is 0 Å². The van der Waals surface area contributed by atoms with Gasteiger partial charge in [-0.25, -0.2) is 22.0 Å². The van der Waals surface area contributed by atoms with Crippen LogP contribution in [0.1, 0.15) is 22.5 Å². The summed E-state index contributed by atoms with van der Waals surface area (Å²) in [6, 6.07) is 6.03. The van der Waals surface area contributed by atoms with Crippen LogP contribution in [0.3, 0.4) is 0 Å². The maximum atomic E-state index is 14.2. The molecule has 4 rings (SSSR count). The first kappa shape index (κ1) is 25.6. The summed E-state index contributed by atoms with van der Waals surface area (Å²) in [5, 5.41) is 14.7. The standard InChI is InChI=1S/C23H18ClF5N6S/c1-11-22(12(2)35(32-11)10-13-15(24)4-3-5-16(13)25)31-23(36)30-19-6-7-34(33-19)9-14-20(28)17(26)8-18(27)21(14)29/h3-8H,9-10H2,1-2H3,(H2,30,31,33,36). The summed E-state index contributed by atoms with van der Waals surface area (Å²) in [6.07, 6.45) is 1.36. The molecule has 0 aliphatic carbocycles. The highest BCUT2D eigenvalue weighted by Crippen LogP contribution is 2.25. The predicted octanol–water partition coefficient (Wildman–Crippen LogP) is 5.95. The van der Waals surface area contributed by atoms with Crippen LogP contribution in [0.4, 0.5) is 33.5 Å². The lowest BCUT2D eigenvalue weighted by molar-refractivity contribution is 0.431. The van der Waals surface area contributed by atoms with Gasteiger partial charge in [-0.15, -0.1) is 0 Å². The molecule has 0 bridgehead atoms. The average Bonchev–Trinajstić information content (AvgIpc) is 3.36. The van der Waals surface area contributed by atoms with Crippen molar-refractivity contribution >= 4 is 40.4 Å². The van der Waals surface area contributed by atoms with Crippen molar-refractivity contribution in [3.05, 3.63) is 93.2 Å². The second-order valence-electron chi connectivity index (χ2n) is 7.83. The van der Waals surface area contributed by atoms with Crippen LogP contribution in [0.2, 0.25) is 5.02 Å². The molecule has 188 valence electrons. The summed E-state index contributed by atoms with van der Waals surface area (Å²) in [4.78, 5) is 0. The first-order chi connectivity index (χ1) is 17.0. The lowest BCUT2D eigenvalue weighted by Gasteiger charge is -2.11. The number of benzene rings is 2. The molecular formula is C23H18ClF5N6S. The molecule has 2 aromatic carbocycles. The molecule has 2 N–H and O–H groups in total. The SMILES string of the molecule is Cc1nn(Cc2c(F)cccc2Cl)c(C)c1NC(=S)Nc1ccn(Cc2c(F)c(F)cc(F)c2F)n1. The Kier molecular flexibility index (Phi) is 7.27. The molecule has 0 unspecified atom stereocenters. The van der Waals surface area contributed by atoms with E-state index < -0.39 is 41.2 Å². The molecule has 6 nitrogen and oxygen atoms in total. The lowest BCUT2D eigenvalue weighted by atomic mass is 10.2. The van der Waals surface area contributed by atoms with Crippen LogP contribution >= 0.6 is 23.8 Å². The van der Waals surface area contributed by atoms with Gasteiger partial charge >= 0.3 is 0 Å². The Bertz CT molecular complexity index is 1420. The zero-order valence-electron chi connectivity index (χ0n) is 18.8. The highest BCUT2D eigenvalue weighted by molar-refractivity contribution is 7.80. The molecule has 0 spiro atoms. The topological polar surface area (TPSA) is 59.7 Å². The summed E-state index contributed by atoms with van der Waals surface area (Å²) >= 11 is 11.4. The van der Waals surface area contributed by atoms with Gasteiger partial charge in [-0.1, -0.05) is 17.7 Å². The molecule has 2 heterocycles. The van der Waals surface area contributed by atoms with E-state index in [1.54, 1.807) is 24.6 Å². The molecule has 0 amide bonds. The second-order valence-corrected chi connectivity index (χ2v) is 8.64. The molecule has 0 fully saturated rings. The van der Waals surface area contributed by atoms with Gasteiger partial charge in [0.25, 0.3) is 0 Å². The highest BCUT2D eigenvalue weighted by Gasteiger charge is 2.20. The largest absolute Gasteiger partial charge is 0.329 e. The minimum atomic E-state index is -1.50. The first-order valence-corrected chi connectivity index (χ1v) is 11.2. The molecule has 0 saturated carbocycles. The van der Waals surface area contributed by atoms with Crippen LogP contribution in [0.25, 0.3) is 0 Å². The third-order valence-electron chi connectivity index (χ3n) is 5.39. The Morgan fingerprint density at radius 2 is 1.61 bits per heavy atom. The zero-order valence-corrected chi connectivity index (χ0v) is 20.4. The summed E-state index contributed by atoms with van der Waals surface area (Å²) in [5.74, 6) is -6.21. The Labute approximate surface area is 212 Å². The molecular weight excluding hydrogens is 523 g/mol. The number of halogens is 6. The van der Waals surface area contributed by atoms with Crippen molar-refractivity contribution in [2.45, 2.75) is 26.9 Å². The van der Waals surface area contributed by atoms with E-state index in [2.05, 4.69) is 20.8 Å². The fourth-order valence-electron chi connectivity index (χ4n) is 3.57. The van der Waals surface area contributed by atoms with E-state index >= 15 is 0 Å². The fourth-order valence-corrected chi connectivity index (χ4v) is 4.00. The number of nitrogens with one attached hydrogen (secondary N) is 2. The Hall–Kier alpha value is -3.51. The van der Waals surface area contributed by atoms with Gasteiger partial charge in [-0.05, 0) is 38.2 Å². The van der Waals surface area contributed by atoms with Gasteiger partial charge in [0.05, 0.1) is 35.7 Å². The summed E-state index contributed by atoms with van der Waals surface area (Å²) in [7, 11) is 0. The average molecular weight is 541 g/mol. The minimum absolute atomic E-state index is 0.109. The number of nitrogens with zero attached hydrogens (tertiary/aromatic N) is 4. The molecule has 0 aliphatic rings. The van der Waals surface area contributed by atoms with Crippen LogP contribution in [0.15, 0.2) is 36.5 Å². The van der Waals surface area contributed by atoms with Gasteiger partial charge < -0.3 is 10.6 Å². The molecule has 36 heavy (non-hydrogen) atoms. The molecule has 0 aliphatic heterocycles. The molecule has 13 heteroatoms. The van der Waals surface area contributed by atoms with Crippen molar-refractivity contribution in [1.82, 2.24) is 19.6 Å². The van der Waals surface area contributed by atoms with Crippen LogP contribution < -0.4 is 10.6 Å². The predicted molar refractivity (Wildman–Crippen MR) is 130 cm³/mol. The number of hydrogen-bond donors (Lipinski definition) is 2. The van der Waals surface area contributed by atoms with Gasteiger partial charge in [0.15, 0.2) is 34.2 Å². The van der Waals surface area contributed by atoms with Gasteiger partial charge in [-0.3, -0.25) is 9.36 Å². The van der Waals surface area contributed by atoms with Crippen molar-refractivity contribution < 1.29 is 22.0 Å². The molecule has 0 saturated heterocycles. The van der Waals surface area contributed by atoms with E-state index in [1.807, 2.05) is 0 Å². The third-order valence-corrected chi connectivity index (χ3v) is 5.95. The number of anilines is 2. The van der Waals surface area contributed by atoms with Crippen LogP contribution in [-0.4, -0.2) is 24.7 Å². The van der Waals surface area contributed by atoms with E-state index in [0.29, 0.717) is 22.6 Å².